The summed E-state index contributed by atoms with van der Waals surface area (Å²) in [5, 5.41) is 3.08. The molecule has 1 rings (SSSR count). The summed E-state index contributed by atoms with van der Waals surface area (Å²) in [7, 11) is 1.91. The second-order valence-electron chi connectivity index (χ2n) is 3.02. The summed E-state index contributed by atoms with van der Waals surface area (Å²) in [6.07, 6.45) is 3.94. The number of aliphatic imine (C=N–C) groups is 1. The van der Waals surface area contributed by atoms with Crippen molar-refractivity contribution in [1.82, 2.24) is 10.3 Å². The molecule has 0 amide bonds. The van der Waals surface area contributed by atoms with Crippen LogP contribution in [0.2, 0.25) is 0 Å². The number of rotatable bonds is 4. The van der Waals surface area contributed by atoms with Crippen LogP contribution in [0.15, 0.2) is 35.1 Å². The minimum absolute atomic E-state index is 0.793. The Kier molecular flexibility index (Phi) is 3.98. The molecule has 1 aromatic heterocycles. The van der Waals surface area contributed by atoms with E-state index in [9.17, 15) is 0 Å². The smallest absolute Gasteiger partial charge is 0.0825 e. The zero-order valence-corrected chi connectivity index (χ0v) is 8.96. The first kappa shape index (κ1) is 10.6. The zero-order chi connectivity index (χ0) is 10.4. The van der Waals surface area contributed by atoms with Gasteiger partial charge in [0.15, 0.2) is 0 Å². The van der Waals surface area contributed by atoms with Gasteiger partial charge in [0, 0.05) is 25.5 Å². The second kappa shape index (κ2) is 5.27. The molecule has 1 heterocycles. The van der Waals surface area contributed by atoms with E-state index in [1.54, 1.807) is 0 Å². The van der Waals surface area contributed by atoms with Gasteiger partial charge in [-0.15, -0.1) is 0 Å². The molecule has 0 fully saturated rings. The van der Waals surface area contributed by atoms with Crippen LogP contribution in [0.25, 0.3) is 0 Å². The van der Waals surface area contributed by atoms with E-state index in [2.05, 4.69) is 15.3 Å². The van der Waals surface area contributed by atoms with Crippen molar-refractivity contribution < 1.29 is 0 Å². The highest BCUT2D eigenvalue weighted by Gasteiger charge is 1.99. The van der Waals surface area contributed by atoms with Gasteiger partial charge in [-0.05, 0) is 32.1 Å². The van der Waals surface area contributed by atoms with Crippen LogP contribution in [-0.2, 0) is 0 Å². The maximum atomic E-state index is 4.42. The molecule has 0 saturated carbocycles. The number of aromatic nitrogens is 1. The van der Waals surface area contributed by atoms with Crippen molar-refractivity contribution in [3.05, 3.63) is 35.8 Å². The van der Waals surface area contributed by atoms with Crippen molar-refractivity contribution in [2.75, 3.05) is 13.6 Å². The number of aromatic amines is 1. The Morgan fingerprint density at radius 1 is 1.64 bits per heavy atom. The molecule has 0 aromatic carbocycles. The average Bonchev–Trinajstić information content (AvgIpc) is 2.69. The van der Waals surface area contributed by atoms with Crippen molar-refractivity contribution in [3.8, 4) is 0 Å². The normalized spacial score (nSPS) is 13.1. The van der Waals surface area contributed by atoms with Gasteiger partial charge in [0.25, 0.3) is 0 Å². The van der Waals surface area contributed by atoms with Crippen molar-refractivity contribution >= 4 is 5.71 Å². The summed E-state index contributed by atoms with van der Waals surface area (Å²) >= 11 is 0. The fraction of sp³-hybridized carbons (Fsp3) is 0.364. The highest BCUT2D eigenvalue weighted by Crippen LogP contribution is 2.01. The Balaban J connectivity index is 2.92. The number of hydrogen-bond donors (Lipinski definition) is 2. The lowest BCUT2D eigenvalue weighted by atomic mass is 10.2. The van der Waals surface area contributed by atoms with Crippen molar-refractivity contribution in [2.24, 2.45) is 4.99 Å². The number of nitrogens with zero attached hydrogens (tertiary/aromatic N) is 1. The lowest BCUT2D eigenvalue weighted by Crippen LogP contribution is -2.07. The van der Waals surface area contributed by atoms with Crippen LogP contribution in [0.5, 0.6) is 0 Å². The van der Waals surface area contributed by atoms with Gasteiger partial charge >= 0.3 is 0 Å². The van der Waals surface area contributed by atoms with Gasteiger partial charge in [-0.3, -0.25) is 4.99 Å². The monoisotopic (exact) mass is 191 g/mol. The van der Waals surface area contributed by atoms with E-state index in [0.717, 1.165) is 23.6 Å². The average molecular weight is 191 g/mol. The first-order chi connectivity index (χ1) is 6.77. The van der Waals surface area contributed by atoms with E-state index in [1.165, 1.54) is 0 Å². The minimum Gasteiger partial charge on any atom is -0.392 e. The second-order valence-corrected chi connectivity index (χ2v) is 3.02. The standard InChI is InChI=1S/C11H17N3/c1-4-13-11(8-9(2)12-3)10-6-5-7-14-10/h5-8,12,14H,4H2,1-3H3/b9-8+,13-11+. The Morgan fingerprint density at radius 2 is 2.43 bits per heavy atom. The predicted molar refractivity (Wildman–Crippen MR) is 60.7 cm³/mol. The highest BCUT2D eigenvalue weighted by atomic mass is 14.8. The molecule has 0 aliphatic heterocycles. The Bertz CT molecular complexity index is 320. The third-order valence-corrected chi connectivity index (χ3v) is 1.95. The van der Waals surface area contributed by atoms with E-state index >= 15 is 0 Å². The van der Waals surface area contributed by atoms with Crippen LogP contribution in [-0.4, -0.2) is 24.3 Å². The molecule has 0 saturated heterocycles. The maximum Gasteiger partial charge on any atom is 0.0825 e. The van der Waals surface area contributed by atoms with Crippen LogP contribution in [0, 0.1) is 0 Å². The number of allylic oxidation sites excluding steroid dienone is 2. The SMILES string of the molecule is CC/N=C(\C=C(/C)NC)c1ccc[nH]1. The molecule has 3 nitrogen and oxygen atoms in total. The van der Waals surface area contributed by atoms with E-state index in [4.69, 9.17) is 0 Å². The van der Waals surface area contributed by atoms with E-state index in [0.29, 0.717) is 0 Å². The summed E-state index contributed by atoms with van der Waals surface area (Å²) in [6.45, 7) is 4.85. The molecule has 0 spiro atoms. The van der Waals surface area contributed by atoms with Crippen LogP contribution >= 0.6 is 0 Å². The molecule has 0 atom stereocenters. The van der Waals surface area contributed by atoms with E-state index in [1.807, 2.05) is 45.3 Å². The van der Waals surface area contributed by atoms with Crippen LogP contribution in [0.4, 0.5) is 0 Å². The van der Waals surface area contributed by atoms with E-state index in [-0.39, 0.29) is 0 Å². The van der Waals surface area contributed by atoms with Crippen molar-refractivity contribution in [2.45, 2.75) is 13.8 Å². The van der Waals surface area contributed by atoms with Gasteiger partial charge in [-0.2, -0.15) is 0 Å². The van der Waals surface area contributed by atoms with Gasteiger partial charge in [0.1, 0.15) is 0 Å². The molecule has 76 valence electrons. The van der Waals surface area contributed by atoms with Crippen LogP contribution < -0.4 is 5.32 Å². The summed E-state index contributed by atoms with van der Waals surface area (Å²) in [5.74, 6) is 0. The zero-order valence-electron chi connectivity index (χ0n) is 8.96. The van der Waals surface area contributed by atoms with Gasteiger partial charge in [0.2, 0.25) is 0 Å². The third kappa shape index (κ3) is 2.76. The van der Waals surface area contributed by atoms with Crippen molar-refractivity contribution in [1.29, 1.82) is 0 Å². The van der Waals surface area contributed by atoms with Crippen molar-refractivity contribution in [3.63, 3.8) is 0 Å². The molecule has 1 aromatic rings. The van der Waals surface area contributed by atoms with Crippen LogP contribution in [0.3, 0.4) is 0 Å². The van der Waals surface area contributed by atoms with Gasteiger partial charge in [0.05, 0.1) is 11.4 Å². The maximum absolute atomic E-state index is 4.42. The lowest BCUT2D eigenvalue weighted by molar-refractivity contribution is 0.991. The summed E-state index contributed by atoms with van der Waals surface area (Å²) in [6, 6.07) is 4.00. The molecule has 14 heavy (non-hydrogen) atoms. The van der Waals surface area contributed by atoms with Gasteiger partial charge in [-0.25, -0.2) is 0 Å². The molecular weight excluding hydrogens is 174 g/mol. The molecule has 3 heteroatoms. The highest BCUT2D eigenvalue weighted by molar-refractivity contribution is 6.07. The van der Waals surface area contributed by atoms with Crippen LogP contribution in [0.1, 0.15) is 19.5 Å². The topological polar surface area (TPSA) is 40.2 Å². The molecule has 0 radical (unpaired) electrons. The fourth-order valence-corrected chi connectivity index (χ4v) is 1.15. The van der Waals surface area contributed by atoms with Gasteiger partial charge < -0.3 is 10.3 Å². The molecular formula is C11H17N3. The number of nitrogens with one attached hydrogen (secondary N) is 2. The van der Waals surface area contributed by atoms with Gasteiger partial charge in [-0.1, -0.05) is 0 Å². The molecule has 0 aliphatic rings. The first-order valence-electron chi connectivity index (χ1n) is 4.82. The lowest BCUT2D eigenvalue weighted by Gasteiger charge is -2.01. The third-order valence-electron chi connectivity index (χ3n) is 1.95. The summed E-state index contributed by atoms with van der Waals surface area (Å²) in [4.78, 5) is 7.57. The molecule has 2 N–H and O–H groups in total. The quantitative estimate of drug-likeness (QED) is 0.702. The molecule has 0 unspecified atom stereocenters. The molecule has 0 aliphatic carbocycles. The van der Waals surface area contributed by atoms with E-state index < -0.39 is 0 Å². The number of hydrogen-bond acceptors (Lipinski definition) is 2. The largest absolute Gasteiger partial charge is 0.392 e. The molecule has 0 bridgehead atoms. The Morgan fingerprint density at radius 3 is 2.93 bits per heavy atom. The Labute approximate surface area is 85.0 Å². The first-order valence-corrected chi connectivity index (χ1v) is 4.82. The predicted octanol–water partition coefficient (Wildman–Crippen LogP) is 1.95. The Hall–Kier alpha value is -1.51. The summed E-state index contributed by atoms with van der Waals surface area (Å²) < 4.78 is 0. The summed E-state index contributed by atoms with van der Waals surface area (Å²) in [5.41, 5.74) is 3.15. The number of H-pyrrole nitrogens is 1. The minimum atomic E-state index is 0.793. The fourth-order valence-electron chi connectivity index (χ4n) is 1.15.